The lowest BCUT2D eigenvalue weighted by Crippen LogP contribution is -2.63. The number of hydrogen-bond acceptors (Lipinski definition) is 7. The van der Waals surface area contributed by atoms with Gasteiger partial charge in [-0.15, -0.1) is 0 Å². The summed E-state index contributed by atoms with van der Waals surface area (Å²) in [5.74, 6) is -0.687. The van der Waals surface area contributed by atoms with E-state index in [0.29, 0.717) is 13.0 Å². The van der Waals surface area contributed by atoms with Crippen molar-refractivity contribution in [1.82, 2.24) is 5.32 Å². The number of amides is 1. The SMILES string of the molecule is CC/C(=C/COc1ccccc1)[C@H](C)C[C@](C)(CCC(=O)C(C)C(=O)OC[C@]1(C)NC(=O)O1)OC. The molecule has 35 heavy (non-hydrogen) atoms. The van der Waals surface area contributed by atoms with Gasteiger partial charge in [-0.3, -0.25) is 14.9 Å². The molecule has 1 saturated heterocycles. The number of rotatable bonds is 15. The predicted molar refractivity (Wildman–Crippen MR) is 132 cm³/mol. The van der Waals surface area contributed by atoms with Gasteiger partial charge in [0.2, 0.25) is 5.72 Å². The molecule has 1 N–H and O–H groups in total. The van der Waals surface area contributed by atoms with Gasteiger partial charge in [-0.25, -0.2) is 4.79 Å². The maximum atomic E-state index is 12.7. The Morgan fingerprint density at radius 1 is 1.23 bits per heavy atom. The molecule has 1 aromatic carbocycles. The Morgan fingerprint density at radius 3 is 2.46 bits per heavy atom. The largest absolute Gasteiger partial charge is 0.490 e. The first kappa shape index (κ1) is 28.4. The van der Waals surface area contributed by atoms with Crippen LogP contribution in [-0.4, -0.2) is 49.5 Å². The molecule has 4 atom stereocenters. The van der Waals surface area contributed by atoms with E-state index in [1.54, 1.807) is 14.0 Å². The van der Waals surface area contributed by atoms with Gasteiger partial charge in [-0.05, 0) is 64.2 Å². The Hall–Kier alpha value is -2.87. The molecule has 0 saturated carbocycles. The second-order valence-electron chi connectivity index (χ2n) is 9.56. The van der Waals surface area contributed by atoms with Crippen LogP contribution in [0, 0.1) is 11.8 Å². The smallest absolute Gasteiger partial charge is 0.412 e. The molecular weight excluding hydrogens is 450 g/mol. The third-order valence-corrected chi connectivity index (χ3v) is 6.52. The molecule has 8 heteroatoms. The van der Waals surface area contributed by atoms with Gasteiger partial charge in [0.15, 0.2) is 6.61 Å². The van der Waals surface area contributed by atoms with Crippen molar-refractivity contribution in [2.75, 3.05) is 20.3 Å². The van der Waals surface area contributed by atoms with Crippen LogP contribution in [0.4, 0.5) is 4.79 Å². The summed E-state index contributed by atoms with van der Waals surface area (Å²) >= 11 is 0. The molecule has 0 aliphatic carbocycles. The van der Waals surface area contributed by atoms with Crippen molar-refractivity contribution in [3.05, 3.63) is 42.0 Å². The normalized spacial score (nSPS) is 21.0. The third-order valence-electron chi connectivity index (χ3n) is 6.52. The molecule has 0 radical (unpaired) electrons. The minimum Gasteiger partial charge on any atom is -0.490 e. The highest BCUT2D eigenvalue weighted by Crippen LogP contribution is 2.31. The van der Waals surface area contributed by atoms with Crippen LogP contribution in [0.3, 0.4) is 0 Å². The molecule has 1 amide bonds. The fraction of sp³-hybridized carbons (Fsp3) is 0.593. The monoisotopic (exact) mass is 489 g/mol. The van der Waals surface area contributed by atoms with Crippen molar-refractivity contribution in [3.8, 4) is 5.75 Å². The van der Waals surface area contributed by atoms with E-state index in [4.69, 9.17) is 18.9 Å². The van der Waals surface area contributed by atoms with Crippen molar-refractivity contribution in [2.45, 2.75) is 71.6 Å². The van der Waals surface area contributed by atoms with Crippen LogP contribution in [0.25, 0.3) is 0 Å². The summed E-state index contributed by atoms with van der Waals surface area (Å²) < 4.78 is 21.7. The number of ether oxygens (including phenoxy) is 4. The molecule has 1 aromatic rings. The number of carbonyl (C=O) groups excluding carboxylic acids is 3. The van der Waals surface area contributed by atoms with Crippen molar-refractivity contribution >= 4 is 17.8 Å². The van der Waals surface area contributed by atoms with Gasteiger partial charge in [0.1, 0.15) is 24.1 Å². The second kappa shape index (κ2) is 12.7. The lowest BCUT2D eigenvalue weighted by molar-refractivity contribution is -0.165. The van der Waals surface area contributed by atoms with E-state index < -0.39 is 29.3 Å². The average Bonchev–Trinajstić information content (AvgIpc) is 2.83. The van der Waals surface area contributed by atoms with Crippen LogP contribution < -0.4 is 10.1 Å². The van der Waals surface area contributed by atoms with Crippen molar-refractivity contribution in [2.24, 2.45) is 11.8 Å². The van der Waals surface area contributed by atoms with Crippen LogP contribution in [0.1, 0.15) is 60.3 Å². The van der Waals surface area contributed by atoms with Gasteiger partial charge < -0.3 is 18.9 Å². The average molecular weight is 490 g/mol. The zero-order chi connectivity index (χ0) is 26.1. The Labute approximate surface area is 208 Å². The number of nitrogens with one attached hydrogen (secondary N) is 1. The Kier molecular flexibility index (Phi) is 10.3. The van der Waals surface area contributed by atoms with E-state index in [9.17, 15) is 14.4 Å². The summed E-state index contributed by atoms with van der Waals surface area (Å²) in [4.78, 5) is 35.9. The lowest BCUT2D eigenvalue weighted by atomic mass is 9.83. The number of cyclic esters (lactones) is 1. The summed E-state index contributed by atoms with van der Waals surface area (Å²) in [7, 11) is 1.65. The van der Waals surface area contributed by atoms with Gasteiger partial charge in [-0.2, -0.15) is 0 Å². The topological polar surface area (TPSA) is 100 Å². The molecule has 1 unspecified atom stereocenters. The van der Waals surface area contributed by atoms with Crippen LogP contribution in [-0.2, 0) is 23.8 Å². The van der Waals surface area contributed by atoms with Gasteiger partial charge in [-0.1, -0.05) is 37.6 Å². The van der Waals surface area contributed by atoms with E-state index in [1.165, 1.54) is 12.5 Å². The number of carbonyl (C=O) groups is 3. The molecule has 8 nitrogen and oxygen atoms in total. The van der Waals surface area contributed by atoms with E-state index >= 15 is 0 Å². The molecule has 194 valence electrons. The number of para-hydroxylation sites is 1. The van der Waals surface area contributed by atoms with Crippen LogP contribution >= 0.6 is 0 Å². The molecule has 1 aliphatic rings. The molecule has 2 rings (SSSR count). The number of methoxy groups -OCH3 is 1. The van der Waals surface area contributed by atoms with Crippen molar-refractivity contribution < 1.29 is 33.3 Å². The van der Waals surface area contributed by atoms with E-state index in [1.807, 2.05) is 37.3 Å². The highest BCUT2D eigenvalue weighted by Gasteiger charge is 2.42. The Bertz CT molecular complexity index is 890. The minimum atomic E-state index is -1.03. The molecule has 1 aliphatic heterocycles. The number of Topliss-reactive ketones (excluding diaryl/α,β-unsaturated/α-hetero) is 1. The maximum absolute atomic E-state index is 12.7. The van der Waals surface area contributed by atoms with Gasteiger partial charge in [0.05, 0.1) is 5.60 Å². The summed E-state index contributed by atoms with van der Waals surface area (Å²) in [5, 5.41) is 2.50. The van der Waals surface area contributed by atoms with E-state index in [-0.39, 0.29) is 24.7 Å². The second-order valence-corrected chi connectivity index (χ2v) is 9.56. The summed E-state index contributed by atoms with van der Waals surface area (Å²) in [5.41, 5.74) is -0.284. The first-order valence-electron chi connectivity index (χ1n) is 12.1. The Balaban J connectivity index is 1.84. The number of esters is 1. The zero-order valence-corrected chi connectivity index (χ0v) is 21.7. The van der Waals surface area contributed by atoms with Crippen LogP contribution in [0.5, 0.6) is 5.75 Å². The number of allylic oxidation sites excluding steroid dienone is 1. The van der Waals surface area contributed by atoms with Gasteiger partial charge in [0, 0.05) is 13.5 Å². The first-order valence-corrected chi connectivity index (χ1v) is 12.1. The minimum absolute atomic E-state index is 0.150. The zero-order valence-electron chi connectivity index (χ0n) is 21.7. The molecule has 1 heterocycles. The predicted octanol–water partition coefficient (Wildman–Crippen LogP) is 4.82. The lowest BCUT2D eigenvalue weighted by Gasteiger charge is -2.37. The molecule has 0 aromatic heterocycles. The summed E-state index contributed by atoms with van der Waals surface area (Å²) in [6, 6.07) is 9.69. The highest BCUT2D eigenvalue weighted by atomic mass is 16.6. The van der Waals surface area contributed by atoms with E-state index in [0.717, 1.165) is 18.6 Å². The highest BCUT2D eigenvalue weighted by molar-refractivity contribution is 5.98. The summed E-state index contributed by atoms with van der Waals surface area (Å²) in [6.07, 6.45) is 3.86. The van der Waals surface area contributed by atoms with E-state index in [2.05, 4.69) is 25.2 Å². The van der Waals surface area contributed by atoms with Gasteiger partial charge >= 0.3 is 12.1 Å². The molecular formula is C27H39NO7. The van der Waals surface area contributed by atoms with Crippen LogP contribution in [0.15, 0.2) is 42.0 Å². The molecule has 0 bridgehead atoms. The standard InChI is InChI=1S/C27H39NO7/c1-7-21(14-16-33-22-11-9-8-10-12-22)19(2)17-26(4,32-6)15-13-23(29)20(3)24(30)34-18-27(5)28-25(31)35-27/h8-12,14,19-20H,7,13,15-18H2,1-6H3,(H,28,31)/b21-14-/t19-,20?,26+,27-/m1/s1. The number of benzene rings is 1. The molecule has 1 fully saturated rings. The van der Waals surface area contributed by atoms with Gasteiger partial charge in [0.25, 0.3) is 0 Å². The number of ketones is 1. The first-order chi connectivity index (χ1) is 16.5. The fourth-order valence-electron chi connectivity index (χ4n) is 4.08. The Morgan fingerprint density at radius 2 is 1.89 bits per heavy atom. The van der Waals surface area contributed by atoms with Crippen molar-refractivity contribution in [3.63, 3.8) is 0 Å². The third kappa shape index (κ3) is 8.69. The summed E-state index contributed by atoms with van der Waals surface area (Å²) in [6.45, 7) is 9.72. The fourth-order valence-corrected chi connectivity index (χ4v) is 4.08. The van der Waals surface area contributed by atoms with Crippen LogP contribution in [0.2, 0.25) is 0 Å². The molecule has 0 spiro atoms. The number of hydrogen-bond donors (Lipinski definition) is 1. The maximum Gasteiger partial charge on any atom is 0.412 e. The van der Waals surface area contributed by atoms with Crippen molar-refractivity contribution in [1.29, 1.82) is 0 Å². The quantitative estimate of drug-likeness (QED) is 0.214.